The Hall–Kier alpha value is -0.843. The fraction of sp³-hybridized carbons (Fsp3) is 0.500. The average molecular weight is 240 g/mol. The van der Waals surface area contributed by atoms with Gasteiger partial charge < -0.3 is 14.0 Å². The van der Waals surface area contributed by atoms with Gasteiger partial charge >= 0.3 is 8.56 Å². The summed E-state index contributed by atoms with van der Waals surface area (Å²) in [6.45, 7) is 4.76. The summed E-state index contributed by atoms with van der Waals surface area (Å²) in [4.78, 5) is 0. The van der Waals surface area contributed by atoms with Gasteiger partial charge in [0.2, 0.25) is 0 Å². The highest BCUT2D eigenvalue weighted by Crippen LogP contribution is 2.17. The highest BCUT2D eigenvalue weighted by molar-refractivity contribution is 6.81. The molecule has 0 amide bonds. The minimum absolute atomic E-state index is 0.274. The average Bonchev–Trinajstić information content (AvgIpc) is 2.29. The molecule has 0 heterocycles. The zero-order valence-electron chi connectivity index (χ0n) is 10.2. The van der Waals surface area contributed by atoms with Crippen molar-refractivity contribution in [2.24, 2.45) is 0 Å². The molecule has 3 nitrogen and oxygen atoms in total. The van der Waals surface area contributed by atoms with E-state index in [-0.39, 0.29) is 5.75 Å². The number of phenolic OH excluding ortho intramolecular Hbond substituents is 1. The van der Waals surface area contributed by atoms with Crippen molar-refractivity contribution < 1.29 is 14.0 Å². The molecule has 0 bridgehead atoms. The zero-order chi connectivity index (χ0) is 12.0. The molecule has 0 aliphatic heterocycles. The number of rotatable bonds is 6. The van der Waals surface area contributed by atoms with Crippen LogP contribution in [-0.4, -0.2) is 27.4 Å². The molecule has 1 aromatic carbocycles. The monoisotopic (exact) mass is 240 g/mol. The van der Waals surface area contributed by atoms with E-state index in [4.69, 9.17) is 8.85 Å². The predicted molar refractivity (Wildman–Crippen MR) is 67.2 cm³/mol. The van der Waals surface area contributed by atoms with Gasteiger partial charge in [0.1, 0.15) is 5.75 Å². The van der Waals surface area contributed by atoms with Crippen LogP contribution in [0.15, 0.2) is 24.3 Å². The van der Waals surface area contributed by atoms with E-state index in [0.717, 1.165) is 17.7 Å². The Bertz CT molecular complexity index is 305. The molecular formula is C12H20O3Si. The third kappa shape index (κ3) is 2.84. The third-order valence-electron chi connectivity index (χ3n) is 2.59. The van der Waals surface area contributed by atoms with Crippen LogP contribution in [0, 0.1) is 0 Å². The van der Waals surface area contributed by atoms with Gasteiger partial charge in [0.15, 0.2) is 0 Å². The summed E-state index contributed by atoms with van der Waals surface area (Å²) >= 11 is 0. The minimum atomic E-state index is -2.28. The molecular weight excluding hydrogens is 220 g/mol. The van der Waals surface area contributed by atoms with E-state index in [9.17, 15) is 5.11 Å². The number of hydrogen-bond donors (Lipinski definition) is 1. The highest BCUT2D eigenvalue weighted by Gasteiger charge is 2.37. The lowest BCUT2D eigenvalue weighted by molar-refractivity contribution is 0.222. The van der Waals surface area contributed by atoms with E-state index in [0.29, 0.717) is 6.61 Å². The van der Waals surface area contributed by atoms with Gasteiger partial charge in [-0.05, 0) is 30.3 Å². The van der Waals surface area contributed by atoms with Crippen LogP contribution >= 0.6 is 0 Å². The lowest BCUT2D eigenvalue weighted by Crippen LogP contribution is -2.52. The van der Waals surface area contributed by atoms with Crippen LogP contribution in [0.5, 0.6) is 5.75 Å². The number of aromatic hydroxyl groups is 1. The molecule has 1 atom stereocenters. The first kappa shape index (κ1) is 13.2. The van der Waals surface area contributed by atoms with E-state index in [1.165, 1.54) is 0 Å². The molecule has 90 valence electrons. The van der Waals surface area contributed by atoms with Crippen molar-refractivity contribution in [2.75, 3.05) is 13.7 Å². The van der Waals surface area contributed by atoms with Crippen molar-refractivity contribution >= 4 is 13.7 Å². The van der Waals surface area contributed by atoms with Gasteiger partial charge in [0.05, 0.1) is 0 Å². The van der Waals surface area contributed by atoms with Gasteiger partial charge in [-0.25, -0.2) is 0 Å². The standard InChI is InChI=1S/C12H20O3Si/c1-4-10-16(14-3,15-5-2)12-8-6-11(13)7-9-12/h6-9,13H,4-5,10H2,1-3H3. The minimum Gasteiger partial charge on any atom is -0.508 e. The van der Waals surface area contributed by atoms with Crippen LogP contribution in [0.1, 0.15) is 20.3 Å². The van der Waals surface area contributed by atoms with Crippen molar-refractivity contribution in [1.82, 2.24) is 0 Å². The molecule has 0 aliphatic rings. The number of benzene rings is 1. The fourth-order valence-corrected chi connectivity index (χ4v) is 4.81. The topological polar surface area (TPSA) is 38.7 Å². The molecule has 0 aromatic heterocycles. The summed E-state index contributed by atoms with van der Waals surface area (Å²) < 4.78 is 11.6. The van der Waals surface area contributed by atoms with Gasteiger partial charge in [0, 0.05) is 13.7 Å². The van der Waals surface area contributed by atoms with Gasteiger partial charge in [0.25, 0.3) is 0 Å². The molecule has 4 heteroatoms. The molecule has 1 rings (SSSR count). The molecule has 0 fully saturated rings. The second kappa shape index (κ2) is 6.03. The van der Waals surface area contributed by atoms with E-state index >= 15 is 0 Å². The lowest BCUT2D eigenvalue weighted by atomic mass is 10.3. The molecule has 1 N–H and O–H groups in total. The smallest absolute Gasteiger partial charge is 0.372 e. The van der Waals surface area contributed by atoms with E-state index < -0.39 is 8.56 Å². The first-order chi connectivity index (χ1) is 7.68. The van der Waals surface area contributed by atoms with Gasteiger partial charge in [-0.1, -0.05) is 25.5 Å². The van der Waals surface area contributed by atoms with E-state index in [1.807, 2.05) is 19.1 Å². The third-order valence-corrected chi connectivity index (χ3v) is 6.38. The normalized spacial score (nSPS) is 14.7. The molecule has 16 heavy (non-hydrogen) atoms. The largest absolute Gasteiger partial charge is 0.508 e. The van der Waals surface area contributed by atoms with Crippen LogP contribution < -0.4 is 5.19 Å². The molecule has 0 spiro atoms. The summed E-state index contributed by atoms with van der Waals surface area (Å²) in [5.41, 5.74) is 0. The number of hydrogen-bond acceptors (Lipinski definition) is 3. The van der Waals surface area contributed by atoms with Crippen LogP contribution in [-0.2, 0) is 8.85 Å². The van der Waals surface area contributed by atoms with Gasteiger partial charge in [-0.3, -0.25) is 0 Å². The maximum Gasteiger partial charge on any atom is 0.372 e. The Morgan fingerprint density at radius 1 is 1.19 bits per heavy atom. The van der Waals surface area contributed by atoms with Crippen molar-refractivity contribution in [3.8, 4) is 5.75 Å². The Morgan fingerprint density at radius 2 is 1.81 bits per heavy atom. The molecule has 0 radical (unpaired) electrons. The van der Waals surface area contributed by atoms with Crippen molar-refractivity contribution in [3.63, 3.8) is 0 Å². The highest BCUT2D eigenvalue weighted by atomic mass is 28.4. The van der Waals surface area contributed by atoms with E-state index in [2.05, 4.69) is 6.92 Å². The Kier molecular flexibility index (Phi) is 4.98. The van der Waals surface area contributed by atoms with Crippen LogP contribution in [0.3, 0.4) is 0 Å². The molecule has 0 saturated heterocycles. The SMILES string of the molecule is CCC[Si](OC)(OCC)c1ccc(O)cc1. The maximum atomic E-state index is 9.29. The second-order valence-electron chi connectivity index (χ2n) is 3.69. The van der Waals surface area contributed by atoms with E-state index in [1.54, 1.807) is 19.2 Å². The van der Waals surface area contributed by atoms with Crippen molar-refractivity contribution in [1.29, 1.82) is 0 Å². The van der Waals surface area contributed by atoms with Crippen LogP contribution in [0.4, 0.5) is 0 Å². The lowest BCUT2D eigenvalue weighted by Gasteiger charge is -2.28. The van der Waals surface area contributed by atoms with Crippen LogP contribution in [0.25, 0.3) is 0 Å². The fourth-order valence-electron chi connectivity index (χ4n) is 1.86. The van der Waals surface area contributed by atoms with Crippen LogP contribution in [0.2, 0.25) is 6.04 Å². The Labute approximate surface area is 98.3 Å². The summed E-state index contributed by atoms with van der Waals surface area (Å²) in [5.74, 6) is 0.274. The molecule has 0 aliphatic carbocycles. The first-order valence-electron chi connectivity index (χ1n) is 5.67. The zero-order valence-corrected chi connectivity index (χ0v) is 11.2. The van der Waals surface area contributed by atoms with Gasteiger partial charge in [-0.15, -0.1) is 0 Å². The summed E-state index contributed by atoms with van der Waals surface area (Å²) in [5, 5.41) is 10.4. The summed E-state index contributed by atoms with van der Waals surface area (Å²) in [6, 6.07) is 8.10. The quantitative estimate of drug-likeness (QED) is 0.774. The van der Waals surface area contributed by atoms with Crippen molar-refractivity contribution in [2.45, 2.75) is 26.3 Å². The summed E-state index contributed by atoms with van der Waals surface area (Å²) in [6.07, 6.45) is 1.03. The Balaban J connectivity index is 3.02. The first-order valence-corrected chi connectivity index (χ1v) is 7.69. The number of phenols is 1. The van der Waals surface area contributed by atoms with Crippen molar-refractivity contribution in [3.05, 3.63) is 24.3 Å². The molecule has 0 saturated carbocycles. The molecule has 1 unspecified atom stereocenters. The summed E-state index contributed by atoms with van der Waals surface area (Å²) in [7, 11) is -0.567. The van der Waals surface area contributed by atoms with Gasteiger partial charge in [-0.2, -0.15) is 0 Å². The predicted octanol–water partition coefficient (Wildman–Crippen LogP) is 2.13. The second-order valence-corrected chi connectivity index (χ2v) is 6.97. The molecule has 1 aromatic rings. The maximum absolute atomic E-state index is 9.29. The Morgan fingerprint density at radius 3 is 2.25 bits per heavy atom.